The summed E-state index contributed by atoms with van der Waals surface area (Å²) >= 11 is 12.4. The minimum absolute atomic E-state index is 0.152. The molecular formula is C20H10Br2ClN3O4. The van der Waals surface area contributed by atoms with Gasteiger partial charge < -0.3 is 9.73 Å². The Morgan fingerprint density at radius 1 is 1.20 bits per heavy atom. The Balaban J connectivity index is 1.87. The van der Waals surface area contributed by atoms with Gasteiger partial charge in [-0.2, -0.15) is 5.26 Å². The van der Waals surface area contributed by atoms with Crippen LogP contribution in [0.3, 0.4) is 0 Å². The molecule has 3 aromatic rings. The van der Waals surface area contributed by atoms with E-state index in [0.29, 0.717) is 17.0 Å². The van der Waals surface area contributed by atoms with Crippen molar-refractivity contribution < 1.29 is 14.1 Å². The first kappa shape index (κ1) is 21.8. The molecule has 150 valence electrons. The highest BCUT2D eigenvalue weighted by Gasteiger charge is 2.19. The van der Waals surface area contributed by atoms with Crippen molar-refractivity contribution in [2.75, 3.05) is 5.32 Å². The Morgan fingerprint density at radius 2 is 1.90 bits per heavy atom. The number of anilines is 1. The Kier molecular flexibility index (Phi) is 6.72. The highest BCUT2D eigenvalue weighted by Crippen LogP contribution is 2.37. The van der Waals surface area contributed by atoms with Crippen LogP contribution in [-0.4, -0.2) is 10.8 Å². The first-order valence-electron chi connectivity index (χ1n) is 8.21. The molecule has 0 unspecified atom stereocenters. The van der Waals surface area contributed by atoms with Gasteiger partial charge in [0.05, 0.1) is 9.95 Å². The predicted octanol–water partition coefficient (Wildman–Crippen LogP) is 6.58. The van der Waals surface area contributed by atoms with E-state index in [2.05, 4.69) is 37.2 Å². The highest BCUT2D eigenvalue weighted by molar-refractivity contribution is 9.11. The van der Waals surface area contributed by atoms with Crippen molar-refractivity contribution >= 4 is 66.8 Å². The summed E-state index contributed by atoms with van der Waals surface area (Å²) < 4.78 is 6.66. The van der Waals surface area contributed by atoms with E-state index in [4.69, 9.17) is 16.0 Å². The SMILES string of the molecule is N#C/C(=C/c1ccc(-c2cc(Cl)c(Br)c([N+](=O)[O-])c2)o1)C(=O)Nc1ccc(Br)cc1. The van der Waals surface area contributed by atoms with Crippen molar-refractivity contribution in [2.24, 2.45) is 0 Å². The zero-order valence-electron chi connectivity index (χ0n) is 14.9. The summed E-state index contributed by atoms with van der Waals surface area (Å²) in [5, 5.41) is 23.3. The standard InChI is InChI=1S/C20H10Br2ClN3O4/c21-13-1-3-14(4-2-13)25-20(27)12(10-24)7-15-5-6-18(30-15)11-8-16(23)19(22)17(9-11)26(28)29/h1-9H,(H,25,27)/b12-7-. The van der Waals surface area contributed by atoms with Crippen molar-refractivity contribution in [2.45, 2.75) is 0 Å². The van der Waals surface area contributed by atoms with Crippen molar-refractivity contribution in [3.8, 4) is 17.4 Å². The van der Waals surface area contributed by atoms with E-state index in [1.54, 1.807) is 36.4 Å². The van der Waals surface area contributed by atoms with E-state index in [1.807, 2.05) is 6.07 Å². The molecule has 10 heteroatoms. The average molecular weight is 552 g/mol. The Morgan fingerprint density at radius 3 is 2.53 bits per heavy atom. The number of hydrogen-bond acceptors (Lipinski definition) is 5. The molecule has 0 aliphatic heterocycles. The molecular weight excluding hydrogens is 541 g/mol. The lowest BCUT2D eigenvalue weighted by Gasteiger charge is -2.04. The van der Waals surface area contributed by atoms with Crippen LogP contribution in [0.2, 0.25) is 5.02 Å². The van der Waals surface area contributed by atoms with Gasteiger partial charge in [-0.25, -0.2) is 0 Å². The molecule has 2 aromatic carbocycles. The Hall–Kier alpha value is -2.93. The van der Waals surface area contributed by atoms with E-state index in [9.17, 15) is 20.2 Å². The van der Waals surface area contributed by atoms with Crippen LogP contribution in [0.1, 0.15) is 5.76 Å². The van der Waals surface area contributed by atoms with E-state index >= 15 is 0 Å². The number of nitro groups is 1. The number of nitro benzene ring substituents is 1. The lowest BCUT2D eigenvalue weighted by atomic mass is 10.1. The monoisotopic (exact) mass is 549 g/mol. The lowest BCUT2D eigenvalue weighted by molar-refractivity contribution is -0.385. The second kappa shape index (κ2) is 9.26. The van der Waals surface area contributed by atoms with Crippen molar-refractivity contribution in [3.05, 3.63) is 83.9 Å². The summed E-state index contributed by atoms with van der Waals surface area (Å²) in [5.41, 5.74) is 0.532. The molecule has 0 aliphatic rings. The van der Waals surface area contributed by atoms with Crippen LogP contribution >= 0.6 is 43.5 Å². The second-order valence-corrected chi connectivity index (χ2v) is 8.00. The van der Waals surface area contributed by atoms with Gasteiger partial charge in [0.25, 0.3) is 11.6 Å². The number of nitriles is 1. The fourth-order valence-corrected chi connectivity index (χ4v) is 3.31. The number of amides is 1. The number of carbonyl (C=O) groups excluding carboxylic acids is 1. The Bertz CT molecular complexity index is 1210. The maximum Gasteiger partial charge on any atom is 0.285 e. The van der Waals surface area contributed by atoms with Crippen LogP contribution in [0.15, 0.2) is 67.5 Å². The first-order chi connectivity index (χ1) is 14.3. The molecule has 7 nitrogen and oxygen atoms in total. The van der Waals surface area contributed by atoms with Crippen LogP contribution < -0.4 is 5.32 Å². The van der Waals surface area contributed by atoms with Gasteiger partial charge in [0, 0.05) is 27.9 Å². The molecule has 0 bridgehead atoms. The first-order valence-corrected chi connectivity index (χ1v) is 10.2. The molecule has 1 heterocycles. The molecule has 0 atom stereocenters. The number of rotatable bonds is 5. The normalized spacial score (nSPS) is 11.1. The maximum absolute atomic E-state index is 12.4. The molecule has 0 saturated heterocycles. The molecule has 0 fully saturated rings. The van der Waals surface area contributed by atoms with Crippen LogP contribution in [-0.2, 0) is 4.79 Å². The molecule has 0 radical (unpaired) electrons. The summed E-state index contributed by atoms with van der Waals surface area (Å²) in [6.07, 6.45) is 1.28. The minimum atomic E-state index is -0.597. The summed E-state index contributed by atoms with van der Waals surface area (Å²) in [6, 6.07) is 14.7. The van der Waals surface area contributed by atoms with Crippen molar-refractivity contribution in [3.63, 3.8) is 0 Å². The molecule has 3 rings (SSSR count). The summed E-state index contributed by atoms with van der Waals surface area (Å²) in [4.78, 5) is 23.0. The van der Waals surface area contributed by atoms with Gasteiger partial charge in [-0.05, 0) is 58.4 Å². The smallest absolute Gasteiger partial charge is 0.285 e. The van der Waals surface area contributed by atoms with E-state index < -0.39 is 10.8 Å². The quantitative estimate of drug-likeness (QED) is 0.167. The molecule has 1 amide bonds. The van der Waals surface area contributed by atoms with Crippen LogP contribution in [0, 0.1) is 21.4 Å². The zero-order valence-corrected chi connectivity index (χ0v) is 18.8. The molecule has 1 aromatic heterocycles. The molecule has 0 aliphatic carbocycles. The number of nitrogens with one attached hydrogen (secondary N) is 1. The van der Waals surface area contributed by atoms with Crippen LogP contribution in [0.4, 0.5) is 11.4 Å². The average Bonchev–Trinajstić information content (AvgIpc) is 3.18. The van der Waals surface area contributed by atoms with Crippen LogP contribution in [0.5, 0.6) is 0 Å². The van der Waals surface area contributed by atoms with Gasteiger partial charge in [-0.15, -0.1) is 0 Å². The topological polar surface area (TPSA) is 109 Å². The third-order valence-corrected chi connectivity index (χ3v) is 5.76. The number of halogens is 3. The second-order valence-electron chi connectivity index (χ2n) is 5.88. The largest absolute Gasteiger partial charge is 0.457 e. The molecule has 30 heavy (non-hydrogen) atoms. The lowest BCUT2D eigenvalue weighted by Crippen LogP contribution is -2.13. The Labute approximate surface area is 192 Å². The predicted molar refractivity (Wildman–Crippen MR) is 120 cm³/mol. The number of benzene rings is 2. The molecule has 0 saturated carbocycles. The highest BCUT2D eigenvalue weighted by atomic mass is 79.9. The fraction of sp³-hybridized carbons (Fsp3) is 0. The number of nitrogens with zero attached hydrogens (tertiary/aromatic N) is 2. The van der Waals surface area contributed by atoms with Gasteiger partial charge >= 0.3 is 0 Å². The summed E-state index contributed by atoms with van der Waals surface area (Å²) in [5.74, 6) is -0.0707. The number of furan rings is 1. The fourth-order valence-electron chi connectivity index (χ4n) is 2.46. The molecule has 1 N–H and O–H groups in total. The third-order valence-electron chi connectivity index (χ3n) is 3.87. The number of carbonyl (C=O) groups is 1. The van der Waals surface area contributed by atoms with Gasteiger partial charge in [-0.1, -0.05) is 27.5 Å². The maximum atomic E-state index is 12.4. The van der Waals surface area contributed by atoms with Crippen molar-refractivity contribution in [1.29, 1.82) is 5.26 Å². The zero-order chi connectivity index (χ0) is 21.8. The van der Waals surface area contributed by atoms with Crippen LogP contribution in [0.25, 0.3) is 17.4 Å². The van der Waals surface area contributed by atoms with E-state index in [0.717, 1.165) is 4.47 Å². The van der Waals surface area contributed by atoms with E-state index in [1.165, 1.54) is 18.2 Å². The molecule has 0 spiro atoms. The summed E-state index contributed by atoms with van der Waals surface area (Å²) in [6.45, 7) is 0. The van der Waals surface area contributed by atoms with Gasteiger partial charge in [0.2, 0.25) is 0 Å². The van der Waals surface area contributed by atoms with Gasteiger partial charge in [0.1, 0.15) is 27.6 Å². The minimum Gasteiger partial charge on any atom is -0.457 e. The summed E-state index contributed by atoms with van der Waals surface area (Å²) in [7, 11) is 0. The van der Waals surface area contributed by atoms with Gasteiger partial charge in [-0.3, -0.25) is 14.9 Å². The van der Waals surface area contributed by atoms with E-state index in [-0.39, 0.29) is 26.5 Å². The van der Waals surface area contributed by atoms with Crippen molar-refractivity contribution in [1.82, 2.24) is 0 Å². The van der Waals surface area contributed by atoms with Gasteiger partial charge in [0.15, 0.2) is 0 Å². The number of hydrogen-bond donors (Lipinski definition) is 1. The third kappa shape index (κ3) is 4.97.